The molecular weight excluding hydrogens is 451 g/mol. The second-order valence-corrected chi connectivity index (χ2v) is 8.52. The Morgan fingerprint density at radius 2 is 1.66 bits per heavy atom. The number of carbonyl (C=O) groups is 2. The van der Waals surface area contributed by atoms with Gasteiger partial charge in [-0.15, -0.1) is 0 Å². The molecule has 1 fully saturated rings. The van der Waals surface area contributed by atoms with Crippen molar-refractivity contribution in [3.8, 4) is 11.5 Å². The summed E-state index contributed by atoms with van der Waals surface area (Å²) >= 11 is 12.6. The average Bonchev–Trinajstić information content (AvgIpc) is 2.84. The first kappa shape index (κ1) is 24.2. The number of hydrogen-bond donors (Lipinski definition) is 0. The molecule has 2 aromatic carbocycles. The van der Waals surface area contributed by atoms with E-state index in [2.05, 4.69) is 4.90 Å². The van der Waals surface area contributed by atoms with Crippen molar-refractivity contribution in [2.24, 2.45) is 5.92 Å². The van der Waals surface area contributed by atoms with Crippen molar-refractivity contribution in [3.05, 3.63) is 52.0 Å². The lowest BCUT2D eigenvalue weighted by atomic mass is 9.97. The Labute approximate surface area is 199 Å². The lowest BCUT2D eigenvalue weighted by Gasteiger charge is -2.36. The third-order valence-electron chi connectivity index (χ3n) is 5.79. The van der Waals surface area contributed by atoms with Gasteiger partial charge < -0.3 is 19.3 Å². The zero-order valence-electron chi connectivity index (χ0n) is 18.6. The standard InChI is InChI=1S/C24H28Cl2N2O4/c1-4-16(2)24(30)19-9-10-20(23(26)22(19)25)32-15-21(29)28-13-11-27(12-14-28)17-5-7-18(31-3)8-6-17/h5-10,16H,4,11-15H2,1-3H3. The van der Waals surface area contributed by atoms with Crippen molar-refractivity contribution in [1.82, 2.24) is 4.90 Å². The predicted molar refractivity (Wildman–Crippen MR) is 128 cm³/mol. The van der Waals surface area contributed by atoms with Crippen LogP contribution in [0.3, 0.4) is 0 Å². The minimum Gasteiger partial charge on any atom is -0.497 e. The maximum atomic E-state index is 12.6. The Balaban J connectivity index is 1.55. The highest BCUT2D eigenvalue weighted by Crippen LogP contribution is 2.36. The maximum Gasteiger partial charge on any atom is 0.260 e. The summed E-state index contributed by atoms with van der Waals surface area (Å²) < 4.78 is 10.8. The van der Waals surface area contributed by atoms with E-state index in [-0.39, 0.29) is 34.3 Å². The van der Waals surface area contributed by atoms with Crippen LogP contribution < -0.4 is 14.4 Å². The van der Waals surface area contributed by atoms with E-state index >= 15 is 0 Å². The van der Waals surface area contributed by atoms with Crippen LogP contribution in [0.15, 0.2) is 36.4 Å². The highest BCUT2D eigenvalue weighted by Gasteiger charge is 2.23. The quantitative estimate of drug-likeness (QED) is 0.501. The Morgan fingerprint density at radius 1 is 1.00 bits per heavy atom. The summed E-state index contributed by atoms with van der Waals surface area (Å²) in [6.07, 6.45) is 0.714. The predicted octanol–water partition coefficient (Wildman–Crippen LogP) is 4.96. The van der Waals surface area contributed by atoms with Crippen LogP contribution in [0.4, 0.5) is 5.69 Å². The third kappa shape index (κ3) is 5.48. The number of anilines is 1. The molecule has 32 heavy (non-hydrogen) atoms. The van der Waals surface area contributed by atoms with Crippen LogP contribution in [0.2, 0.25) is 10.0 Å². The van der Waals surface area contributed by atoms with Gasteiger partial charge in [0.25, 0.3) is 5.91 Å². The van der Waals surface area contributed by atoms with E-state index in [0.717, 1.165) is 24.5 Å². The zero-order chi connectivity index (χ0) is 23.3. The minimum absolute atomic E-state index is 0.0586. The Hall–Kier alpha value is -2.44. The topological polar surface area (TPSA) is 59.1 Å². The second kappa shape index (κ2) is 10.9. The molecule has 1 amide bonds. The normalized spacial score (nSPS) is 14.8. The number of carbonyl (C=O) groups excluding carboxylic acids is 2. The number of ether oxygens (including phenoxy) is 2. The van der Waals surface area contributed by atoms with Gasteiger partial charge in [0, 0.05) is 43.3 Å². The molecule has 172 valence electrons. The molecule has 6 nitrogen and oxygen atoms in total. The van der Waals surface area contributed by atoms with E-state index in [1.165, 1.54) is 0 Å². The van der Waals surface area contributed by atoms with Gasteiger partial charge in [-0.2, -0.15) is 0 Å². The van der Waals surface area contributed by atoms with Gasteiger partial charge in [0.2, 0.25) is 0 Å². The van der Waals surface area contributed by atoms with Crippen molar-refractivity contribution >= 4 is 40.6 Å². The van der Waals surface area contributed by atoms with Crippen LogP contribution >= 0.6 is 23.2 Å². The molecule has 1 saturated heterocycles. The van der Waals surface area contributed by atoms with Crippen molar-refractivity contribution in [2.75, 3.05) is 44.8 Å². The number of amides is 1. The van der Waals surface area contributed by atoms with E-state index in [1.807, 2.05) is 38.1 Å². The summed E-state index contributed by atoms with van der Waals surface area (Å²) in [6.45, 7) is 6.32. The summed E-state index contributed by atoms with van der Waals surface area (Å²) in [5.74, 6) is 0.787. The molecule has 0 N–H and O–H groups in total. The molecule has 2 aromatic rings. The van der Waals surface area contributed by atoms with E-state index in [4.69, 9.17) is 32.7 Å². The molecule has 0 spiro atoms. The molecule has 8 heteroatoms. The number of halogens is 2. The monoisotopic (exact) mass is 478 g/mol. The molecule has 0 bridgehead atoms. The molecular formula is C24H28Cl2N2O4. The molecule has 3 rings (SSSR count). The number of Topliss-reactive ketones (excluding diaryl/α,β-unsaturated/α-hetero) is 1. The van der Waals surface area contributed by atoms with Crippen LogP contribution in [0, 0.1) is 5.92 Å². The van der Waals surface area contributed by atoms with E-state index in [0.29, 0.717) is 30.8 Å². The number of benzene rings is 2. The first-order valence-electron chi connectivity index (χ1n) is 10.7. The Kier molecular flexibility index (Phi) is 8.26. The fraction of sp³-hybridized carbons (Fsp3) is 0.417. The molecule has 1 heterocycles. The third-order valence-corrected chi connectivity index (χ3v) is 6.66. The van der Waals surface area contributed by atoms with Crippen molar-refractivity contribution in [3.63, 3.8) is 0 Å². The van der Waals surface area contributed by atoms with Crippen LogP contribution in [-0.2, 0) is 4.79 Å². The van der Waals surface area contributed by atoms with Crippen molar-refractivity contribution < 1.29 is 19.1 Å². The highest BCUT2D eigenvalue weighted by atomic mass is 35.5. The number of methoxy groups -OCH3 is 1. The first-order valence-corrected chi connectivity index (χ1v) is 11.4. The van der Waals surface area contributed by atoms with Crippen LogP contribution in [0.1, 0.15) is 30.6 Å². The number of ketones is 1. The summed E-state index contributed by atoms with van der Waals surface area (Å²) in [5, 5.41) is 0.313. The van der Waals surface area contributed by atoms with Gasteiger partial charge in [0.15, 0.2) is 12.4 Å². The van der Waals surface area contributed by atoms with Gasteiger partial charge in [-0.1, -0.05) is 37.0 Å². The van der Waals surface area contributed by atoms with Crippen LogP contribution in [0.5, 0.6) is 11.5 Å². The summed E-state index contributed by atoms with van der Waals surface area (Å²) in [6, 6.07) is 11.1. The number of rotatable bonds is 8. The Bertz CT molecular complexity index is 957. The van der Waals surface area contributed by atoms with E-state index < -0.39 is 0 Å². The van der Waals surface area contributed by atoms with Crippen LogP contribution in [-0.4, -0.2) is 56.5 Å². The minimum atomic E-state index is -0.145. The molecule has 1 aliphatic heterocycles. The molecule has 1 aliphatic rings. The van der Waals surface area contributed by atoms with Gasteiger partial charge in [-0.05, 0) is 42.8 Å². The van der Waals surface area contributed by atoms with Gasteiger partial charge in [0.05, 0.1) is 12.1 Å². The first-order chi connectivity index (χ1) is 15.3. The fourth-order valence-corrected chi connectivity index (χ4v) is 3.99. The Morgan fingerprint density at radius 3 is 2.25 bits per heavy atom. The molecule has 0 aromatic heterocycles. The van der Waals surface area contributed by atoms with Gasteiger partial charge >= 0.3 is 0 Å². The fourth-order valence-electron chi connectivity index (χ4n) is 3.52. The molecule has 0 radical (unpaired) electrons. The molecule has 1 atom stereocenters. The van der Waals surface area contributed by atoms with E-state index in [9.17, 15) is 9.59 Å². The summed E-state index contributed by atoms with van der Waals surface area (Å²) in [4.78, 5) is 29.1. The SMILES string of the molecule is CCC(C)C(=O)c1ccc(OCC(=O)N2CCN(c3ccc(OC)cc3)CC2)c(Cl)c1Cl. The van der Waals surface area contributed by atoms with Crippen LogP contribution in [0.25, 0.3) is 0 Å². The van der Waals surface area contributed by atoms with Gasteiger partial charge in [0.1, 0.15) is 16.5 Å². The van der Waals surface area contributed by atoms with Gasteiger partial charge in [-0.25, -0.2) is 0 Å². The van der Waals surface area contributed by atoms with Crippen molar-refractivity contribution in [1.29, 1.82) is 0 Å². The number of nitrogens with zero attached hydrogens (tertiary/aromatic N) is 2. The largest absolute Gasteiger partial charge is 0.497 e. The highest BCUT2D eigenvalue weighted by molar-refractivity contribution is 6.44. The molecule has 0 saturated carbocycles. The summed E-state index contributed by atoms with van der Waals surface area (Å²) in [7, 11) is 1.64. The van der Waals surface area contributed by atoms with Crippen molar-refractivity contribution in [2.45, 2.75) is 20.3 Å². The zero-order valence-corrected chi connectivity index (χ0v) is 20.1. The molecule has 0 aliphatic carbocycles. The number of hydrogen-bond acceptors (Lipinski definition) is 5. The lowest BCUT2D eigenvalue weighted by molar-refractivity contribution is -0.133. The van der Waals surface area contributed by atoms with E-state index in [1.54, 1.807) is 24.1 Å². The average molecular weight is 479 g/mol. The lowest BCUT2D eigenvalue weighted by Crippen LogP contribution is -2.50. The smallest absolute Gasteiger partial charge is 0.260 e. The number of piperazine rings is 1. The van der Waals surface area contributed by atoms with Gasteiger partial charge in [-0.3, -0.25) is 9.59 Å². The maximum absolute atomic E-state index is 12.6. The summed E-state index contributed by atoms with van der Waals surface area (Å²) in [5.41, 5.74) is 1.47. The second-order valence-electron chi connectivity index (χ2n) is 7.77. The molecule has 1 unspecified atom stereocenters.